The molecule has 1 amide bonds. The van der Waals surface area contributed by atoms with Crippen LogP contribution in [0.1, 0.15) is 0 Å². The van der Waals surface area contributed by atoms with Gasteiger partial charge in [-0.05, 0) is 42.5 Å². The number of ether oxygens (including phenoxy) is 2. The number of furan rings is 1. The minimum Gasteiger partial charge on any atom is -0.493 e. The molecule has 8 nitrogen and oxygen atoms in total. The fourth-order valence-corrected chi connectivity index (χ4v) is 5.59. The molecule has 5 aromatic rings. The minimum atomic E-state index is -4.13. The second kappa shape index (κ2) is 9.87. The fraction of sp³-hybridized carbons (Fsp3) is 0.107. The van der Waals surface area contributed by atoms with Gasteiger partial charge in [-0.3, -0.25) is 9.10 Å². The summed E-state index contributed by atoms with van der Waals surface area (Å²) in [7, 11) is -1.24. The van der Waals surface area contributed by atoms with Crippen LogP contribution in [0, 0.1) is 0 Å². The van der Waals surface area contributed by atoms with E-state index in [1.54, 1.807) is 42.5 Å². The van der Waals surface area contributed by atoms with Crippen molar-refractivity contribution in [3.05, 3.63) is 91.0 Å². The van der Waals surface area contributed by atoms with Crippen molar-refractivity contribution in [2.45, 2.75) is 4.90 Å². The maximum atomic E-state index is 13.7. The SMILES string of the molecule is COc1ccc(S(=O)(=O)N(CC(=O)Nc2ccc3c(c2)oc2ccccc23)c2ccccc2)cc1OC. The molecule has 0 bridgehead atoms. The Morgan fingerprint density at radius 1 is 0.811 bits per heavy atom. The number of anilines is 2. The number of amides is 1. The molecule has 1 heterocycles. The van der Waals surface area contributed by atoms with Gasteiger partial charge in [0.05, 0.1) is 24.8 Å². The van der Waals surface area contributed by atoms with Crippen LogP contribution in [0.15, 0.2) is 100 Å². The van der Waals surface area contributed by atoms with Gasteiger partial charge in [0.15, 0.2) is 11.5 Å². The predicted molar refractivity (Wildman–Crippen MR) is 143 cm³/mol. The van der Waals surface area contributed by atoms with Gasteiger partial charge >= 0.3 is 0 Å². The van der Waals surface area contributed by atoms with Crippen LogP contribution < -0.4 is 19.1 Å². The minimum absolute atomic E-state index is 0.0366. The fourth-order valence-electron chi connectivity index (χ4n) is 4.15. The Bertz CT molecular complexity index is 1700. The number of methoxy groups -OCH3 is 2. The van der Waals surface area contributed by atoms with Crippen LogP contribution in [0.4, 0.5) is 11.4 Å². The molecule has 0 aliphatic heterocycles. The first-order valence-electron chi connectivity index (χ1n) is 11.4. The van der Waals surface area contributed by atoms with E-state index >= 15 is 0 Å². The number of hydrogen-bond acceptors (Lipinski definition) is 6. The molecule has 9 heteroatoms. The number of fused-ring (bicyclic) bond motifs is 3. The molecular weight excluding hydrogens is 492 g/mol. The van der Waals surface area contributed by atoms with Gasteiger partial charge in [0, 0.05) is 28.6 Å². The Labute approximate surface area is 214 Å². The van der Waals surface area contributed by atoms with Gasteiger partial charge < -0.3 is 19.2 Å². The molecule has 0 aliphatic carbocycles. The van der Waals surface area contributed by atoms with Crippen LogP contribution in [-0.4, -0.2) is 35.1 Å². The summed E-state index contributed by atoms with van der Waals surface area (Å²) in [6.45, 7) is -0.446. The molecule has 0 atom stereocenters. The van der Waals surface area contributed by atoms with Crippen molar-refractivity contribution in [3.8, 4) is 11.5 Å². The maximum Gasteiger partial charge on any atom is 0.264 e. The summed E-state index contributed by atoms with van der Waals surface area (Å²) >= 11 is 0. The van der Waals surface area contributed by atoms with Crippen LogP contribution in [0.2, 0.25) is 0 Å². The third-order valence-corrected chi connectivity index (χ3v) is 7.71. The smallest absolute Gasteiger partial charge is 0.264 e. The number of nitrogens with zero attached hydrogens (tertiary/aromatic N) is 1. The molecule has 188 valence electrons. The van der Waals surface area contributed by atoms with Crippen molar-refractivity contribution in [3.63, 3.8) is 0 Å². The van der Waals surface area contributed by atoms with Crippen molar-refractivity contribution in [1.82, 2.24) is 0 Å². The molecule has 5 rings (SSSR count). The van der Waals surface area contributed by atoms with Crippen molar-refractivity contribution in [2.75, 3.05) is 30.4 Å². The summed E-state index contributed by atoms with van der Waals surface area (Å²) in [5, 5.41) is 4.70. The molecule has 0 unspecified atom stereocenters. The third-order valence-electron chi connectivity index (χ3n) is 5.94. The zero-order valence-electron chi connectivity index (χ0n) is 20.2. The lowest BCUT2D eigenvalue weighted by Gasteiger charge is -2.24. The summed E-state index contributed by atoms with van der Waals surface area (Å²) in [6.07, 6.45) is 0. The van der Waals surface area contributed by atoms with Crippen LogP contribution in [0.25, 0.3) is 21.9 Å². The van der Waals surface area contributed by atoms with Crippen molar-refractivity contribution in [1.29, 1.82) is 0 Å². The van der Waals surface area contributed by atoms with Gasteiger partial charge in [-0.2, -0.15) is 0 Å². The Balaban J connectivity index is 1.45. The molecule has 37 heavy (non-hydrogen) atoms. The number of rotatable bonds is 8. The van der Waals surface area contributed by atoms with Gasteiger partial charge in [-0.15, -0.1) is 0 Å². The molecule has 0 spiro atoms. The van der Waals surface area contributed by atoms with Crippen LogP contribution >= 0.6 is 0 Å². The van der Waals surface area contributed by atoms with Crippen molar-refractivity contribution >= 4 is 49.2 Å². The van der Waals surface area contributed by atoms with E-state index in [0.29, 0.717) is 22.7 Å². The van der Waals surface area contributed by atoms with Crippen LogP contribution in [-0.2, 0) is 14.8 Å². The van der Waals surface area contributed by atoms with E-state index in [2.05, 4.69) is 5.32 Å². The summed E-state index contributed by atoms with van der Waals surface area (Å²) in [4.78, 5) is 13.1. The second-order valence-electron chi connectivity index (χ2n) is 8.22. The average molecular weight is 517 g/mol. The van der Waals surface area contributed by atoms with E-state index in [1.165, 1.54) is 32.4 Å². The molecule has 0 fully saturated rings. The van der Waals surface area contributed by atoms with E-state index in [4.69, 9.17) is 13.9 Å². The van der Waals surface area contributed by atoms with E-state index in [-0.39, 0.29) is 10.6 Å². The van der Waals surface area contributed by atoms with Crippen LogP contribution in [0.3, 0.4) is 0 Å². The zero-order valence-corrected chi connectivity index (χ0v) is 21.0. The molecule has 0 radical (unpaired) electrons. The average Bonchev–Trinajstić information content (AvgIpc) is 3.29. The molecule has 4 aromatic carbocycles. The molecule has 0 aliphatic rings. The van der Waals surface area contributed by atoms with Gasteiger partial charge in [0.25, 0.3) is 10.0 Å². The van der Waals surface area contributed by atoms with Crippen molar-refractivity contribution < 1.29 is 27.1 Å². The van der Waals surface area contributed by atoms with Crippen LogP contribution in [0.5, 0.6) is 11.5 Å². The van der Waals surface area contributed by atoms with E-state index in [1.807, 2.05) is 30.3 Å². The predicted octanol–water partition coefficient (Wildman–Crippen LogP) is 5.44. The normalized spacial score (nSPS) is 11.4. The maximum absolute atomic E-state index is 13.7. The second-order valence-corrected chi connectivity index (χ2v) is 10.1. The van der Waals surface area contributed by atoms with Gasteiger partial charge in [0.2, 0.25) is 5.91 Å². The topological polar surface area (TPSA) is 98.1 Å². The number of sulfonamides is 1. The monoisotopic (exact) mass is 516 g/mol. The number of carbonyl (C=O) groups is 1. The Morgan fingerprint density at radius 2 is 1.51 bits per heavy atom. The summed E-state index contributed by atoms with van der Waals surface area (Å²) in [5.74, 6) is 0.148. The quantitative estimate of drug-likeness (QED) is 0.295. The highest BCUT2D eigenvalue weighted by Gasteiger charge is 2.28. The highest BCUT2D eigenvalue weighted by molar-refractivity contribution is 7.92. The summed E-state index contributed by atoms with van der Waals surface area (Å²) < 4.78 is 44.9. The lowest BCUT2D eigenvalue weighted by molar-refractivity contribution is -0.114. The standard InChI is InChI=1S/C28H24N2O6S/c1-34-25-15-13-21(17-27(25)35-2)37(32,33)30(20-8-4-3-5-9-20)18-28(31)29-19-12-14-23-22-10-6-7-11-24(22)36-26(23)16-19/h3-17H,18H2,1-2H3,(H,29,31). The van der Waals surface area contributed by atoms with E-state index < -0.39 is 22.5 Å². The molecule has 1 aromatic heterocycles. The molecule has 0 saturated carbocycles. The Morgan fingerprint density at radius 3 is 2.27 bits per heavy atom. The number of hydrogen-bond donors (Lipinski definition) is 1. The van der Waals surface area contributed by atoms with Gasteiger partial charge in [-0.25, -0.2) is 8.42 Å². The number of carbonyl (C=O) groups excluding carboxylic acids is 1. The summed E-state index contributed by atoms with van der Waals surface area (Å²) in [5.41, 5.74) is 2.21. The lowest BCUT2D eigenvalue weighted by Crippen LogP contribution is -2.38. The molecule has 1 N–H and O–H groups in total. The van der Waals surface area contributed by atoms with E-state index in [9.17, 15) is 13.2 Å². The van der Waals surface area contributed by atoms with Crippen molar-refractivity contribution in [2.24, 2.45) is 0 Å². The van der Waals surface area contributed by atoms with Gasteiger partial charge in [-0.1, -0.05) is 36.4 Å². The number of nitrogens with one attached hydrogen (secondary N) is 1. The molecular formula is C28H24N2O6S. The Kier molecular flexibility index (Phi) is 6.45. The Hall–Kier alpha value is -4.50. The van der Waals surface area contributed by atoms with E-state index in [0.717, 1.165) is 20.7 Å². The number of benzene rings is 4. The van der Waals surface area contributed by atoms with Gasteiger partial charge in [0.1, 0.15) is 17.7 Å². The molecule has 0 saturated heterocycles. The first kappa shape index (κ1) is 24.2. The largest absolute Gasteiger partial charge is 0.493 e. The lowest BCUT2D eigenvalue weighted by atomic mass is 10.1. The first-order valence-corrected chi connectivity index (χ1v) is 12.9. The zero-order chi connectivity index (χ0) is 26.0. The number of para-hydroxylation sites is 2. The highest BCUT2D eigenvalue weighted by atomic mass is 32.2. The third kappa shape index (κ3) is 4.68. The first-order chi connectivity index (χ1) is 17.9. The highest BCUT2D eigenvalue weighted by Crippen LogP contribution is 2.33. The summed E-state index contributed by atoms with van der Waals surface area (Å²) in [6, 6.07) is 25.8.